The number of rotatable bonds is 6. The number of halogens is 1. The maximum Gasteiger partial charge on any atom is -0.00516 e. The molecule has 94 valence electrons. The van der Waals surface area contributed by atoms with E-state index in [1.54, 1.807) is 0 Å². The standard InChI is InChI=1S/C7H14.C6H15N.ClH/c1-2-4-7-5-3-6-7;1-3-5-7-6-4-2;/h7H,2-6H2,1H3;7H,3-6H2,1-2H3;1H. The van der Waals surface area contributed by atoms with Crippen molar-refractivity contribution in [2.24, 2.45) is 5.92 Å². The van der Waals surface area contributed by atoms with Crippen LogP contribution in [0.3, 0.4) is 0 Å². The molecule has 1 N–H and O–H groups in total. The molecular formula is C13H30ClN. The van der Waals surface area contributed by atoms with Crippen LogP contribution in [0.25, 0.3) is 0 Å². The van der Waals surface area contributed by atoms with E-state index in [2.05, 4.69) is 26.1 Å². The van der Waals surface area contributed by atoms with Gasteiger partial charge in [-0.05, 0) is 31.8 Å². The molecule has 1 saturated carbocycles. The van der Waals surface area contributed by atoms with Gasteiger partial charge in [0.25, 0.3) is 0 Å². The van der Waals surface area contributed by atoms with Crippen LogP contribution in [0.5, 0.6) is 0 Å². The van der Waals surface area contributed by atoms with Crippen molar-refractivity contribution in [3.63, 3.8) is 0 Å². The van der Waals surface area contributed by atoms with Crippen molar-refractivity contribution in [1.82, 2.24) is 5.32 Å². The van der Waals surface area contributed by atoms with E-state index in [0.29, 0.717) is 0 Å². The average Bonchev–Trinajstić information content (AvgIpc) is 2.14. The highest BCUT2D eigenvalue weighted by Gasteiger charge is 2.14. The third-order valence-corrected chi connectivity index (χ3v) is 2.78. The molecule has 0 aromatic rings. The lowest BCUT2D eigenvalue weighted by atomic mass is 9.82. The van der Waals surface area contributed by atoms with Gasteiger partial charge in [0, 0.05) is 0 Å². The summed E-state index contributed by atoms with van der Waals surface area (Å²) in [7, 11) is 0. The number of hydrogen-bond acceptors (Lipinski definition) is 1. The fraction of sp³-hybridized carbons (Fsp3) is 1.00. The first-order chi connectivity index (χ1) is 6.85. The molecular weight excluding hydrogens is 206 g/mol. The second-order valence-electron chi connectivity index (χ2n) is 4.34. The summed E-state index contributed by atoms with van der Waals surface area (Å²) < 4.78 is 0. The Morgan fingerprint density at radius 2 is 1.47 bits per heavy atom. The molecule has 0 aromatic heterocycles. The summed E-state index contributed by atoms with van der Waals surface area (Å²) in [6.07, 6.45) is 9.93. The molecule has 0 saturated heterocycles. The monoisotopic (exact) mass is 235 g/mol. The smallest absolute Gasteiger partial charge is 0.00516 e. The van der Waals surface area contributed by atoms with Gasteiger partial charge in [-0.25, -0.2) is 0 Å². The van der Waals surface area contributed by atoms with Gasteiger partial charge < -0.3 is 5.32 Å². The van der Waals surface area contributed by atoms with Crippen LogP contribution in [0.15, 0.2) is 0 Å². The summed E-state index contributed by atoms with van der Waals surface area (Å²) in [6, 6.07) is 0. The highest BCUT2D eigenvalue weighted by molar-refractivity contribution is 5.85. The van der Waals surface area contributed by atoms with E-state index in [-0.39, 0.29) is 12.4 Å². The molecule has 2 heteroatoms. The lowest BCUT2D eigenvalue weighted by Gasteiger charge is -2.24. The predicted molar refractivity (Wildman–Crippen MR) is 72.9 cm³/mol. The third kappa shape index (κ3) is 12.2. The van der Waals surface area contributed by atoms with Crippen LogP contribution in [0.4, 0.5) is 0 Å². The first-order valence-corrected chi connectivity index (χ1v) is 6.55. The zero-order valence-electron chi connectivity index (χ0n) is 10.8. The Balaban J connectivity index is 0. The second kappa shape index (κ2) is 14.2. The maximum absolute atomic E-state index is 3.28. The van der Waals surface area contributed by atoms with Crippen molar-refractivity contribution >= 4 is 12.4 Å². The minimum atomic E-state index is 0. The van der Waals surface area contributed by atoms with Crippen molar-refractivity contribution < 1.29 is 0 Å². The fourth-order valence-electron chi connectivity index (χ4n) is 1.67. The Bertz CT molecular complexity index is 98.7. The quantitative estimate of drug-likeness (QED) is 0.673. The summed E-state index contributed by atoms with van der Waals surface area (Å²) >= 11 is 0. The van der Waals surface area contributed by atoms with Gasteiger partial charge in [-0.3, -0.25) is 0 Å². The first kappa shape index (κ1) is 17.6. The Labute approximate surface area is 103 Å². The molecule has 0 radical (unpaired) electrons. The van der Waals surface area contributed by atoms with Gasteiger partial charge in [-0.1, -0.05) is 52.9 Å². The van der Waals surface area contributed by atoms with E-state index >= 15 is 0 Å². The van der Waals surface area contributed by atoms with Gasteiger partial charge in [0.1, 0.15) is 0 Å². The molecule has 0 atom stereocenters. The Morgan fingerprint density at radius 1 is 0.933 bits per heavy atom. The van der Waals surface area contributed by atoms with E-state index in [0.717, 1.165) is 5.92 Å². The van der Waals surface area contributed by atoms with E-state index < -0.39 is 0 Å². The molecule has 1 fully saturated rings. The van der Waals surface area contributed by atoms with Crippen molar-refractivity contribution in [2.75, 3.05) is 13.1 Å². The second-order valence-corrected chi connectivity index (χ2v) is 4.34. The molecule has 0 aromatic carbocycles. The van der Waals surface area contributed by atoms with Crippen LogP contribution in [0.1, 0.15) is 65.7 Å². The van der Waals surface area contributed by atoms with Gasteiger partial charge in [0.15, 0.2) is 0 Å². The fourth-order valence-corrected chi connectivity index (χ4v) is 1.67. The summed E-state index contributed by atoms with van der Waals surface area (Å²) in [6.45, 7) is 8.99. The molecule has 0 unspecified atom stereocenters. The largest absolute Gasteiger partial charge is 0.317 e. The van der Waals surface area contributed by atoms with Crippen molar-refractivity contribution in [2.45, 2.75) is 65.7 Å². The van der Waals surface area contributed by atoms with Crippen LogP contribution >= 0.6 is 12.4 Å². The Kier molecular flexibility index (Phi) is 16.8. The van der Waals surface area contributed by atoms with Crippen LogP contribution in [0.2, 0.25) is 0 Å². The average molecular weight is 236 g/mol. The maximum atomic E-state index is 3.28. The van der Waals surface area contributed by atoms with Crippen molar-refractivity contribution in [1.29, 1.82) is 0 Å². The van der Waals surface area contributed by atoms with Crippen molar-refractivity contribution in [3.05, 3.63) is 0 Å². The van der Waals surface area contributed by atoms with Crippen molar-refractivity contribution in [3.8, 4) is 0 Å². The molecule has 1 aliphatic rings. The number of hydrogen-bond donors (Lipinski definition) is 1. The normalized spacial score (nSPS) is 14.6. The van der Waals surface area contributed by atoms with Gasteiger partial charge in [0.2, 0.25) is 0 Å². The van der Waals surface area contributed by atoms with Crippen LogP contribution in [0, 0.1) is 5.92 Å². The van der Waals surface area contributed by atoms with E-state index in [1.807, 2.05) is 0 Å². The van der Waals surface area contributed by atoms with Gasteiger partial charge >= 0.3 is 0 Å². The third-order valence-electron chi connectivity index (χ3n) is 2.78. The van der Waals surface area contributed by atoms with E-state index in [9.17, 15) is 0 Å². The topological polar surface area (TPSA) is 12.0 Å². The lowest BCUT2D eigenvalue weighted by molar-refractivity contribution is 0.294. The molecule has 0 heterocycles. The summed E-state index contributed by atoms with van der Waals surface area (Å²) in [5.41, 5.74) is 0. The predicted octanol–water partition coefficient (Wildman–Crippen LogP) is 4.40. The van der Waals surface area contributed by atoms with E-state index in [1.165, 1.54) is 58.0 Å². The molecule has 15 heavy (non-hydrogen) atoms. The van der Waals surface area contributed by atoms with E-state index in [4.69, 9.17) is 0 Å². The zero-order valence-corrected chi connectivity index (χ0v) is 11.7. The molecule has 0 aliphatic heterocycles. The van der Waals surface area contributed by atoms with Gasteiger partial charge in [0.05, 0.1) is 0 Å². The molecule has 1 rings (SSSR count). The van der Waals surface area contributed by atoms with Gasteiger partial charge in [-0.15, -0.1) is 12.4 Å². The Hall–Kier alpha value is 0.250. The van der Waals surface area contributed by atoms with Gasteiger partial charge in [-0.2, -0.15) is 0 Å². The minimum absolute atomic E-state index is 0. The van der Waals surface area contributed by atoms with Crippen LogP contribution < -0.4 is 5.32 Å². The number of nitrogens with one attached hydrogen (secondary N) is 1. The zero-order chi connectivity index (χ0) is 10.6. The highest BCUT2D eigenvalue weighted by atomic mass is 35.5. The summed E-state index contributed by atoms with van der Waals surface area (Å²) in [5, 5.41) is 3.28. The van der Waals surface area contributed by atoms with Crippen LogP contribution in [-0.4, -0.2) is 13.1 Å². The summed E-state index contributed by atoms with van der Waals surface area (Å²) in [5.74, 6) is 1.13. The SMILES string of the molecule is CCCC1CCC1.CCCNCCC.Cl. The highest BCUT2D eigenvalue weighted by Crippen LogP contribution is 2.29. The Morgan fingerprint density at radius 3 is 1.67 bits per heavy atom. The molecule has 0 amide bonds. The van der Waals surface area contributed by atoms with Crippen LogP contribution in [-0.2, 0) is 0 Å². The molecule has 1 aliphatic carbocycles. The molecule has 0 bridgehead atoms. The molecule has 0 spiro atoms. The summed E-state index contributed by atoms with van der Waals surface area (Å²) in [4.78, 5) is 0. The molecule has 1 nitrogen and oxygen atoms in total. The minimum Gasteiger partial charge on any atom is -0.317 e. The lowest BCUT2D eigenvalue weighted by Crippen LogP contribution is -2.14. The first-order valence-electron chi connectivity index (χ1n) is 6.55.